The molecule has 5 nitrogen and oxygen atoms in total. The van der Waals surface area contributed by atoms with E-state index in [4.69, 9.17) is 4.74 Å². The van der Waals surface area contributed by atoms with Crippen molar-refractivity contribution >= 4 is 11.9 Å². The SMILES string of the molecule is O=C([O-])c1cccc(OCCN2CCCC2=O)c1. The summed E-state index contributed by atoms with van der Waals surface area (Å²) >= 11 is 0. The predicted molar refractivity (Wildman–Crippen MR) is 62.1 cm³/mol. The van der Waals surface area contributed by atoms with Crippen LogP contribution in [0.1, 0.15) is 23.2 Å². The van der Waals surface area contributed by atoms with Crippen molar-refractivity contribution in [1.82, 2.24) is 4.90 Å². The topological polar surface area (TPSA) is 69.7 Å². The Labute approximate surface area is 105 Å². The van der Waals surface area contributed by atoms with Crippen LogP contribution in [0.25, 0.3) is 0 Å². The maximum Gasteiger partial charge on any atom is 0.222 e. The van der Waals surface area contributed by atoms with Crippen molar-refractivity contribution in [2.45, 2.75) is 12.8 Å². The van der Waals surface area contributed by atoms with E-state index >= 15 is 0 Å². The highest BCUT2D eigenvalue weighted by molar-refractivity contribution is 5.86. The molecule has 2 rings (SSSR count). The zero-order valence-corrected chi connectivity index (χ0v) is 9.93. The summed E-state index contributed by atoms with van der Waals surface area (Å²) in [7, 11) is 0. The van der Waals surface area contributed by atoms with Crippen LogP contribution in [-0.2, 0) is 4.79 Å². The third-order valence-electron chi connectivity index (χ3n) is 2.87. The van der Waals surface area contributed by atoms with Crippen LogP contribution in [0.4, 0.5) is 0 Å². The second-order valence-electron chi connectivity index (χ2n) is 4.15. The van der Waals surface area contributed by atoms with Crippen molar-refractivity contribution in [2.75, 3.05) is 19.7 Å². The third kappa shape index (κ3) is 3.00. The van der Waals surface area contributed by atoms with Gasteiger partial charge in [0.25, 0.3) is 0 Å². The first kappa shape index (κ1) is 12.4. The Balaban J connectivity index is 1.84. The van der Waals surface area contributed by atoms with Crippen molar-refractivity contribution in [1.29, 1.82) is 0 Å². The molecule has 1 amide bonds. The van der Waals surface area contributed by atoms with Gasteiger partial charge >= 0.3 is 0 Å². The van der Waals surface area contributed by atoms with Crippen molar-refractivity contribution in [3.05, 3.63) is 29.8 Å². The van der Waals surface area contributed by atoms with Crippen molar-refractivity contribution in [3.8, 4) is 5.75 Å². The molecule has 1 aromatic carbocycles. The second-order valence-corrected chi connectivity index (χ2v) is 4.15. The number of amides is 1. The minimum Gasteiger partial charge on any atom is -0.545 e. The Bertz CT molecular complexity index is 458. The number of hydrogen-bond donors (Lipinski definition) is 0. The number of ether oxygens (including phenoxy) is 1. The fourth-order valence-electron chi connectivity index (χ4n) is 1.93. The van der Waals surface area contributed by atoms with E-state index in [0.29, 0.717) is 25.3 Å². The molecular weight excluding hydrogens is 234 g/mol. The van der Waals surface area contributed by atoms with Crippen LogP contribution in [0.3, 0.4) is 0 Å². The number of nitrogens with zero attached hydrogens (tertiary/aromatic N) is 1. The molecule has 1 aliphatic heterocycles. The number of aromatic carboxylic acids is 1. The van der Waals surface area contributed by atoms with Gasteiger partial charge in [-0.1, -0.05) is 12.1 Å². The van der Waals surface area contributed by atoms with Gasteiger partial charge in [-0.15, -0.1) is 0 Å². The van der Waals surface area contributed by atoms with Gasteiger partial charge in [0.1, 0.15) is 12.4 Å². The van der Waals surface area contributed by atoms with Crippen LogP contribution in [0.5, 0.6) is 5.75 Å². The van der Waals surface area contributed by atoms with E-state index in [1.54, 1.807) is 17.0 Å². The van der Waals surface area contributed by atoms with E-state index in [9.17, 15) is 14.7 Å². The van der Waals surface area contributed by atoms with E-state index in [0.717, 1.165) is 13.0 Å². The minimum atomic E-state index is -1.23. The van der Waals surface area contributed by atoms with Gasteiger partial charge in [0, 0.05) is 18.5 Å². The summed E-state index contributed by atoms with van der Waals surface area (Å²) in [5.74, 6) is -0.597. The van der Waals surface area contributed by atoms with Crippen LogP contribution >= 0.6 is 0 Å². The van der Waals surface area contributed by atoms with E-state index in [2.05, 4.69) is 0 Å². The zero-order valence-electron chi connectivity index (χ0n) is 9.93. The van der Waals surface area contributed by atoms with Crippen LogP contribution in [0.2, 0.25) is 0 Å². The number of rotatable bonds is 5. The van der Waals surface area contributed by atoms with E-state index < -0.39 is 5.97 Å². The van der Waals surface area contributed by atoms with Crippen LogP contribution in [0.15, 0.2) is 24.3 Å². The van der Waals surface area contributed by atoms with Crippen molar-refractivity contribution in [2.24, 2.45) is 0 Å². The smallest absolute Gasteiger partial charge is 0.222 e. The average molecular weight is 248 g/mol. The fraction of sp³-hybridized carbons (Fsp3) is 0.385. The molecule has 0 spiro atoms. The Morgan fingerprint density at radius 3 is 2.94 bits per heavy atom. The van der Waals surface area contributed by atoms with Crippen LogP contribution in [0, 0.1) is 0 Å². The molecule has 0 N–H and O–H groups in total. The highest BCUT2D eigenvalue weighted by Gasteiger charge is 2.19. The Morgan fingerprint density at radius 1 is 1.44 bits per heavy atom. The van der Waals surface area contributed by atoms with E-state index in [1.807, 2.05) is 0 Å². The largest absolute Gasteiger partial charge is 0.545 e. The molecule has 1 fully saturated rings. The number of carbonyl (C=O) groups excluding carboxylic acids is 2. The number of benzene rings is 1. The molecule has 1 heterocycles. The summed E-state index contributed by atoms with van der Waals surface area (Å²) in [6, 6.07) is 6.15. The molecule has 0 radical (unpaired) electrons. The summed E-state index contributed by atoms with van der Waals surface area (Å²) in [4.78, 5) is 23.8. The van der Waals surface area contributed by atoms with Gasteiger partial charge in [0.15, 0.2) is 0 Å². The Kier molecular flexibility index (Phi) is 3.82. The van der Waals surface area contributed by atoms with Crippen molar-refractivity contribution < 1.29 is 19.4 Å². The predicted octanol–water partition coefficient (Wildman–Crippen LogP) is 0.0513. The normalized spacial score (nSPS) is 14.9. The molecule has 0 unspecified atom stereocenters. The molecule has 5 heteroatoms. The molecule has 0 atom stereocenters. The summed E-state index contributed by atoms with van der Waals surface area (Å²) in [5.41, 5.74) is 0.0877. The Morgan fingerprint density at radius 2 is 2.28 bits per heavy atom. The van der Waals surface area contributed by atoms with Gasteiger partial charge in [0.05, 0.1) is 12.5 Å². The first-order valence-corrected chi connectivity index (χ1v) is 5.89. The molecule has 18 heavy (non-hydrogen) atoms. The average Bonchev–Trinajstić information content (AvgIpc) is 2.76. The molecular formula is C13H14NO4-. The number of hydrogen-bond acceptors (Lipinski definition) is 4. The lowest BCUT2D eigenvalue weighted by Crippen LogP contribution is -2.29. The highest BCUT2D eigenvalue weighted by atomic mass is 16.5. The number of carboxylic acids is 1. The maximum absolute atomic E-state index is 11.3. The van der Waals surface area contributed by atoms with Gasteiger partial charge in [-0.3, -0.25) is 4.79 Å². The van der Waals surface area contributed by atoms with Gasteiger partial charge in [-0.2, -0.15) is 0 Å². The van der Waals surface area contributed by atoms with E-state index in [1.165, 1.54) is 12.1 Å². The lowest BCUT2D eigenvalue weighted by Gasteiger charge is -2.16. The standard InChI is InChI=1S/C13H15NO4/c15-12-5-2-6-14(12)7-8-18-11-4-1-3-10(9-11)13(16)17/h1,3-4,9H,2,5-8H2,(H,16,17)/p-1. The zero-order chi connectivity index (χ0) is 13.0. The lowest BCUT2D eigenvalue weighted by atomic mass is 10.2. The number of carboxylic acid groups (broad SMARTS) is 1. The van der Waals surface area contributed by atoms with Gasteiger partial charge < -0.3 is 19.5 Å². The summed E-state index contributed by atoms with van der Waals surface area (Å²) < 4.78 is 5.42. The Hall–Kier alpha value is -2.04. The third-order valence-corrected chi connectivity index (χ3v) is 2.87. The summed E-state index contributed by atoms with van der Waals surface area (Å²) in [6.45, 7) is 1.68. The molecule has 0 aromatic heterocycles. The fourth-order valence-corrected chi connectivity index (χ4v) is 1.93. The molecule has 0 saturated carbocycles. The van der Waals surface area contributed by atoms with Crippen LogP contribution < -0.4 is 9.84 Å². The van der Waals surface area contributed by atoms with E-state index in [-0.39, 0.29) is 11.5 Å². The molecule has 0 aliphatic carbocycles. The quantitative estimate of drug-likeness (QED) is 0.738. The molecule has 0 bridgehead atoms. The molecule has 1 aromatic rings. The first-order chi connectivity index (χ1) is 8.66. The highest BCUT2D eigenvalue weighted by Crippen LogP contribution is 2.13. The number of carbonyl (C=O) groups is 2. The van der Waals surface area contributed by atoms with Crippen molar-refractivity contribution in [3.63, 3.8) is 0 Å². The lowest BCUT2D eigenvalue weighted by molar-refractivity contribution is -0.255. The molecule has 96 valence electrons. The van der Waals surface area contributed by atoms with Crippen LogP contribution in [-0.4, -0.2) is 36.5 Å². The first-order valence-electron chi connectivity index (χ1n) is 5.89. The maximum atomic E-state index is 11.3. The second kappa shape index (κ2) is 5.53. The number of likely N-dealkylation sites (tertiary alicyclic amines) is 1. The van der Waals surface area contributed by atoms with Gasteiger partial charge in [0.2, 0.25) is 5.91 Å². The molecule has 1 aliphatic rings. The summed E-state index contributed by atoms with van der Waals surface area (Å²) in [5, 5.41) is 10.7. The molecule has 1 saturated heterocycles. The van der Waals surface area contributed by atoms with Gasteiger partial charge in [-0.05, 0) is 18.6 Å². The van der Waals surface area contributed by atoms with Gasteiger partial charge in [-0.25, -0.2) is 0 Å². The summed E-state index contributed by atoms with van der Waals surface area (Å²) in [6.07, 6.45) is 1.51. The minimum absolute atomic E-state index is 0.0877. The monoisotopic (exact) mass is 248 g/mol.